The molecule has 0 aromatic heterocycles. The van der Waals surface area contributed by atoms with Gasteiger partial charge in [0, 0.05) is 10.6 Å². The summed E-state index contributed by atoms with van der Waals surface area (Å²) in [6.45, 7) is 4.11. The molecular formula is C15H16BFO2S. The minimum absolute atomic E-state index is 0.169. The van der Waals surface area contributed by atoms with E-state index in [-0.39, 0.29) is 5.46 Å². The predicted molar refractivity (Wildman–Crippen MR) is 81.7 cm³/mol. The molecule has 0 spiro atoms. The Kier molecular flexibility index (Phi) is 4.86. The molecule has 20 heavy (non-hydrogen) atoms. The van der Waals surface area contributed by atoms with Crippen LogP contribution in [0.25, 0.3) is 0 Å². The molecule has 2 N–H and O–H groups in total. The molecule has 5 heteroatoms. The Hall–Kier alpha value is -1.30. The van der Waals surface area contributed by atoms with E-state index < -0.39 is 12.9 Å². The Morgan fingerprint density at radius 2 is 1.80 bits per heavy atom. The Morgan fingerprint density at radius 1 is 1.05 bits per heavy atom. The van der Waals surface area contributed by atoms with Gasteiger partial charge in [-0.3, -0.25) is 0 Å². The standard InChI is InChI=1S/C15H16BFO2S/c1-10-3-6-14(7-11(10)2)20-9-12-4-5-13(16(18)19)8-15(12)17/h3-8,18-19H,9H2,1-2H3. The van der Waals surface area contributed by atoms with Gasteiger partial charge in [0.2, 0.25) is 0 Å². The molecule has 2 aromatic carbocycles. The van der Waals surface area contributed by atoms with Gasteiger partial charge in [-0.15, -0.1) is 11.8 Å². The number of hydrogen-bond donors (Lipinski definition) is 2. The average molecular weight is 290 g/mol. The van der Waals surface area contributed by atoms with E-state index in [0.717, 1.165) is 4.90 Å². The summed E-state index contributed by atoms with van der Waals surface area (Å²) in [5, 5.41) is 18.0. The number of halogens is 1. The SMILES string of the molecule is Cc1ccc(SCc2ccc(B(O)O)cc2F)cc1C. The van der Waals surface area contributed by atoms with Crippen LogP contribution in [0.3, 0.4) is 0 Å². The van der Waals surface area contributed by atoms with Crippen LogP contribution in [-0.4, -0.2) is 17.2 Å². The normalized spacial score (nSPS) is 10.7. The van der Waals surface area contributed by atoms with E-state index in [9.17, 15) is 4.39 Å². The molecule has 0 heterocycles. The highest BCUT2D eigenvalue weighted by Gasteiger charge is 2.13. The highest BCUT2D eigenvalue weighted by molar-refractivity contribution is 7.98. The van der Waals surface area contributed by atoms with E-state index in [4.69, 9.17) is 10.0 Å². The van der Waals surface area contributed by atoms with Crippen LogP contribution < -0.4 is 5.46 Å². The minimum atomic E-state index is -1.63. The van der Waals surface area contributed by atoms with Gasteiger partial charge in [0.25, 0.3) is 0 Å². The molecule has 0 radical (unpaired) electrons. The minimum Gasteiger partial charge on any atom is -0.423 e. The lowest BCUT2D eigenvalue weighted by atomic mass is 9.80. The van der Waals surface area contributed by atoms with Crippen LogP contribution in [-0.2, 0) is 5.75 Å². The van der Waals surface area contributed by atoms with Crippen LogP contribution in [0.5, 0.6) is 0 Å². The Labute approximate surface area is 122 Å². The van der Waals surface area contributed by atoms with Crippen LogP contribution >= 0.6 is 11.8 Å². The molecular weight excluding hydrogens is 274 g/mol. The first-order valence-corrected chi connectivity index (χ1v) is 7.30. The fourth-order valence-electron chi connectivity index (χ4n) is 1.81. The third kappa shape index (κ3) is 3.63. The summed E-state index contributed by atoms with van der Waals surface area (Å²) in [6.07, 6.45) is 0. The molecule has 0 unspecified atom stereocenters. The molecule has 0 bridgehead atoms. The van der Waals surface area contributed by atoms with Gasteiger partial charge in [-0.25, -0.2) is 4.39 Å². The maximum absolute atomic E-state index is 13.8. The number of rotatable bonds is 4. The van der Waals surface area contributed by atoms with Gasteiger partial charge in [0.15, 0.2) is 0 Å². The number of hydrogen-bond acceptors (Lipinski definition) is 3. The fraction of sp³-hybridized carbons (Fsp3) is 0.200. The van der Waals surface area contributed by atoms with Crippen molar-refractivity contribution < 1.29 is 14.4 Å². The van der Waals surface area contributed by atoms with Crippen LogP contribution in [0.4, 0.5) is 4.39 Å². The predicted octanol–water partition coefficient (Wildman–Crippen LogP) is 2.41. The van der Waals surface area contributed by atoms with Gasteiger partial charge < -0.3 is 10.0 Å². The van der Waals surface area contributed by atoms with Crippen LogP contribution in [0.1, 0.15) is 16.7 Å². The first-order chi connectivity index (χ1) is 9.47. The summed E-state index contributed by atoms with van der Waals surface area (Å²) >= 11 is 1.56. The van der Waals surface area contributed by atoms with Crippen molar-refractivity contribution >= 4 is 24.3 Å². The smallest absolute Gasteiger partial charge is 0.423 e. The zero-order chi connectivity index (χ0) is 14.7. The Balaban J connectivity index is 2.09. The molecule has 2 rings (SSSR count). The highest BCUT2D eigenvalue weighted by Crippen LogP contribution is 2.25. The lowest BCUT2D eigenvalue weighted by Gasteiger charge is -2.07. The van der Waals surface area contributed by atoms with Crippen LogP contribution in [0.15, 0.2) is 41.3 Å². The van der Waals surface area contributed by atoms with Gasteiger partial charge in [-0.1, -0.05) is 18.2 Å². The van der Waals surface area contributed by atoms with E-state index in [1.807, 2.05) is 6.07 Å². The molecule has 0 aliphatic rings. The monoisotopic (exact) mass is 290 g/mol. The quantitative estimate of drug-likeness (QED) is 0.671. The fourth-order valence-corrected chi connectivity index (χ4v) is 2.79. The molecule has 0 atom stereocenters. The summed E-state index contributed by atoms with van der Waals surface area (Å²) in [5.74, 6) is 0.0998. The third-order valence-electron chi connectivity index (χ3n) is 3.25. The third-order valence-corrected chi connectivity index (χ3v) is 4.29. The number of thioether (sulfide) groups is 1. The first kappa shape index (κ1) is 15.1. The maximum atomic E-state index is 13.8. The van der Waals surface area contributed by atoms with Crippen molar-refractivity contribution in [3.8, 4) is 0 Å². The van der Waals surface area contributed by atoms with Crippen molar-refractivity contribution in [1.29, 1.82) is 0 Å². The second-order valence-corrected chi connectivity index (χ2v) is 5.81. The van der Waals surface area contributed by atoms with E-state index >= 15 is 0 Å². The van der Waals surface area contributed by atoms with Crippen molar-refractivity contribution in [3.05, 3.63) is 58.9 Å². The van der Waals surface area contributed by atoms with Gasteiger partial charge >= 0.3 is 7.12 Å². The summed E-state index contributed by atoms with van der Waals surface area (Å²) in [6, 6.07) is 10.5. The van der Waals surface area contributed by atoms with E-state index in [0.29, 0.717) is 11.3 Å². The topological polar surface area (TPSA) is 40.5 Å². The van der Waals surface area contributed by atoms with Crippen molar-refractivity contribution in [3.63, 3.8) is 0 Å². The zero-order valence-electron chi connectivity index (χ0n) is 11.4. The van der Waals surface area contributed by atoms with Crippen LogP contribution in [0.2, 0.25) is 0 Å². The van der Waals surface area contributed by atoms with Gasteiger partial charge in [0.1, 0.15) is 5.82 Å². The van der Waals surface area contributed by atoms with Crippen molar-refractivity contribution in [2.24, 2.45) is 0 Å². The van der Waals surface area contributed by atoms with Crippen molar-refractivity contribution in [2.75, 3.05) is 0 Å². The summed E-state index contributed by atoms with van der Waals surface area (Å²) in [7, 11) is -1.63. The average Bonchev–Trinajstić information content (AvgIpc) is 2.41. The first-order valence-electron chi connectivity index (χ1n) is 6.32. The Bertz CT molecular complexity index is 617. The van der Waals surface area contributed by atoms with Gasteiger partial charge in [-0.2, -0.15) is 0 Å². The van der Waals surface area contributed by atoms with E-state index in [2.05, 4.69) is 26.0 Å². The second kappa shape index (κ2) is 6.44. The molecule has 2 aromatic rings. The van der Waals surface area contributed by atoms with E-state index in [1.165, 1.54) is 23.3 Å². The Morgan fingerprint density at radius 3 is 2.40 bits per heavy atom. The van der Waals surface area contributed by atoms with Crippen molar-refractivity contribution in [1.82, 2.24) is 0 Å². The number of benzene rings is 2. The molecule has 2 nitrogen and oxygen atoms in total. The lowest BCUT2D eigenvalue weighted by molar-refractivity contribution is 0.425. The molecule has 104 valence electrons. The molecule has 0 amide bonds. The molecule has 0 aliphatic carbocycles. The summed E-state index contributed by atoms with van der Waals surface area (Å²) in [5.41, 5.74) is 3.18. The molecule has 0 saturated heterocycles. The van der Waals surface area contributed by atoms with E-state index in [1.54, 1.807) is 17.8 Å². The second-order valence-electron chi connectivity index (χ2n) is 4.76. The lowest BCUT2D eigenvalue weighted by Crippen LogP contribution is -2.30. The maximum Gasteiger partial charge on any atom is 0.488 e. The molecule has 0 fully saturated rings. The van der Waals surface area contributed by atoms with Gasteiger partial charge in [-0.05, 0) is 54.2 Å². The summed E-state index contributed by atoms with van der Waals surface area (Å²) in [4.78, 5) is 1.10. The van der Waals surface area contributed by atoms with Crippen LogP contribution in [0, 0.1) is 19.7 Å². The zero-order valence-corrected chi connectivity index (χ0v) is 12.2. The molecule has 0 aliphatic heterocycles. The molecule has 0 saturated carbocycles. The number of aryl methyl sites for hydroxylation is 2. The van der Waals surface area contributed by atoms with Gasteiger partial charge in [0.05, 0.1) is 0 Å². The largest absolute Gasteiger partial charge is 0.488 e. The highest BCUT2D eigenvalue weighted by atomic mass is 32.2. The summed E-state index contributed by atoms with van der Waals surface area (Å²) < 4.78 is 13.8. The van der Waals surface area contributed by atoms with Crippen molar-refractivity contribution in [2.45, 2.75) is 24.5 Å².